The van der Waals surface area contributed by atoms with Crippen molar-refractivity contribution in [2.75, 3.05) is 18.1 Å². The van der Waals surface area contributed by atoms with Crippen LogP contribution in [-0.4, -0.2) is 25.0 Å². The van der Waals surface area contributed by atoms with Crippen LogP contribution in [0.5, 0.6) is 5.75 Å². The second-order valence-corrected chi connectivity index (χ2v) is 5.99. The first-order valence-corrected chi connectivity index (χ1v) is 7.95. The Hall–Kier alpha value is -2.41. The smallest absolute Gasteiger partial charge is 0.326 e. The number of carbonyl (C=O) groups excluding carboxylic acids is 2. The van der Waals surface area contributed by atoms with E-state index in [9.17, 15) is 14.0 Å². The maximum Gasteiger partial charge on any atom is 0.326 e. The van der Waals surface area contributed by atoms with Crippen molar-refractivity contribution < 1.29 is 23.5 Å². The van der Waals surface area contributed by atoms with Gasteiger partial charge in [-0.2, -0.15) is 0 Å². The third-order valence-electron chi connectivity index (χ3n) is 3.50. The van der Waals surface area contributed by atoms with E-state index >= 15 is 0 Å². The number of fused-ring (bicyclic) bond motifs is 1. The lowest BCUT2D eigenvalue weighted by atomic mass is 10.2. The molecule has 0 unspecified atom stereocenters. The second kappa shape index (κ2) is 7.00. The van der Waals surface area contributed by atoms with E-state index in [0.717, 1.165) is 0 Å². The van der Waals surface area contributed by atoms with Crippen molar-refractivity contribution in [3.8, 4) is 5.75 Å². The topological polar surface area (TPSA) is 55.8 Å². The standard InChI is InChI=1S/C17H13BrFNO4/c18-13-7-12(19)6-5-11(13)9-24-17(22)8-20-14-3-1-2-4-15(14)23-10-16(20)21/h1-7H,8-10H2. The van der Waals surface area contributed by atoms with Gasteiger partial charge in [0.05, 0.1) is 5.69 Å². The second-order valence-electron chi connectivity index (χ2n) is 5.13. The molecule has 0 aliphatic carbocycles. The van der Waals surface area contributed by atoms with E-state index in [1.807, 2.05) is 0 Å². The van der Waals surface area contributed by atoms with Gasteiger partial charge < -0.3 is 9.47 Å². The van der Waals surface area contributed by atoms with E-state index in [2.05, 4.69) is 15.9 Å². The van der Waals surface area contributed by atoms with Gasteiger partial charge >= 0.3 is 5.97 Å². The van der Waals surface area contributed by atoms with Gasteiger partial charge in [0, 0.05) is 10.0 Å². The average Bonchev–Trinajstić information content (AvgIpc) is 2.57. The Morgan fingerprint density at radius 2 is 2.08 bits per heavy atom. The lowest BCUT2D eigenvalue weighted by Gasteiger charge is -2.28. The van der Waals surface area contributed by atoms with Crippen LogP contribution < -0.4 is 9.64 Å². The maximum atomic E-state index is 13.0. The molecule has 0 spiro atoms. The van der Waals surface area contributed by atoms with E-state index in [1.54, 1.807) is 24.3 Å². The van der Waals surface area contributed by atoms with Crippen molar-refractivity contribution in [2.24, 2.45) is 0 Å². The van der Waals surface area contributed by atoms with E-state index in [0.29, 0.717) is 21.5 Å². The molecular weight excluding hydrogens is 381 g/mol. The summed E-state index contributed by atoms with van der Waals surface area (Å²) in [7, 11) is 0. The van der Waals surface area contributed by atoms with Gasteiger partial charge in [0.15, 0.2) is 6.61 Å². The summed E-state index contributed by atoms with van der Waals surface area (Å²) < 4.78 is 24.1. The quantitative estimate of drug-likeness (QED) is 0.749. The van der Waals surface area contributed by atoms with Gasteiger partial charge in [-0.25, -0.2) is 4.39 Å². The van der Waals surface area contributed by atoms with Crippen LogP contribution in [0.2, 0.25) is 0 Å². The molecule has 24 heavy (non-hydrogen) atoms. The first kappa shape index (κ1) is 16.4. The summed E-state index contributed by atoms with van der Waals surface area (Å²) in [6.45, 7) is -0.342. The molecule has 0 atom stereocenters. The molecule has 3 rings (SSSR count). The summed E-state index contributed by atoms with van der Waals surface area (Å²) in [4.78, 5) is 25.4. The normalized spacial score (nSPS) is 13.2. The van der Waals surface area contributed by atoms with Crippen LogP contribution in [0.1, 0.15) is 5.56 Å². The van der Waals surface area contributed by atoms with Crippen molar-refractivity contribution in [1.82, 2.24) is 0 Å². The molecule has 0 saturated heterocycles. The Balaban J connectivity index is 1.65. The van der Waals surface area contributed by atoms with E-state index < -0.39 is 5.97 Å². The zero-order valence-corrected chi connectivity index (χ0v) is 14.1. The molecule has 0 N–H and O–H groups in total. The summed E-state index contributed by atoms with van der Waals surface area (Å²) in [6.07, 6.45) is 0. The third-order valence-corrected chi connectivity index (χ3v) is 4.24. The number of halogens is 2. The highest BCUT2D eigenvalue weighted by molar-refractivity contribution is 9.10. The van der Waals surface area contributed by atoms with Gasteiger partial charge in [-0.3, -0.25) is 14.5 Å². The first-order valence-electron chi connectivity index (χ1n) is 7.16. The number of anilines is 1. The first-order chi connectivity index (χ1) is 11.5. The zero-order valence-electron chi connectivity index (χ0n) is 12.5. The number of amides is 1. The summed E-state index contributed by atoms with van der Waals surface area (Å²) in [5, 5.41) is 0. The Morgan fingerprint density at radius 3 is 2.88 bits per heavy atom. The minimum atomic E-state index is -0.559. The summed E-state index contributed by atoms with van der Waals surface area (Å²) in [6, 6.07) is 11.1. The fourth-order valence-corrected chi connectivity index (χ4v) is 2.76. The molecule has 2 aromatic rings. The molecule has 5 nitrogen and oxygen atoms in total. The number of carbonyl (C=O) groups is 2. The van der Waals surface area contributed by atoms with Crippen molar-refractivity contribution in [2.45, 2.75) is 6.61 Å². The van der Waals surface area contributed by atoms with E-state index in [-0.39, 0.29) is 31.5 Å². The predicted octanol–water partition coefficient (Wildman–Crippen LogP) is 3.06. The summed E-state index contributed by atoms with van der Waals surface area (Å²) in [5.74, 6) is -0.705. The highest BCUT2D eigenvalue weighted by atomic mass is 79.9. The van der Waals surface area contributed by atoms with Crippen molar-refractivity contribution in [1.29, 1.82) is 0 Å². The molecular formula is C17H13BrFNO4. The molecule has 1 heterocycles. The minimum Gasteiger partial charge on any atom is -0.482 e. The number of benzene rings is 2. The Kier molecular flexibility index (Phi) is 4.80. The number of nitrogens with zero attached hydrogens (tertiary/aromatic N) is 1. The predicted molar refractivity (Wildman–Crippen MR) is 88.2 cm³/mol. The number of hydrogen-bond acceptors (Lipinski definition) is 4. The van der Waals surface area contributed by atoms with Gasteiger partial charge in [-0.1, -0.05) is 34.1 Å². The lowest BCUT2D eigenvalue weighted by molar-refractivity contribution is -0.144. The van der Waals surface area contributed by atoms with Crippen LogP contribution >= 0.6 is 15.9 Å². The zero-order chi connectivity index (χ0) is 17.1. The molecule has 0 fully saturated rings. The van der Waals surface area contributed by atoms with E-state index in [1.165, 1.54) is 23.1 Å². The number of esters is 1. The van der Waals surface area contributed by atoms with Crippen LogP contribution in [0.3, 0.4) is 0 Å². The van der Waals surface area contributed by atoms with Gasteiger partial charge in [0.1, 0.15) is 24.7 Å². The van der Waals surface area contributed by atoms with Crippen LogP contribution in [0.25, 0.3) is 0 Å². The van der Waals surface area contributed by atoms with Crippen molar-refractivity contribution in [3.63, 3.8) is 0 Å². The highest BCUT2D eigenvalue weighted by Gasteiger charge is 2.27. The van der Waals surface area contributed by atoms with Gasteiger partial charge in [-0.15, -0.1) is 0 Å². The molecule has 2 aromatic carbocycles. The molecule has 7 heteroatoms. The molecule has 1 amide bonds. The van der Waals surface area contributed by atoms with E-state index in [4.69, 9.17) is 9.47 Å². The summed E-state index contributed by atoms with van der Waals surface area (Å²) in [5.41, 5.74) is 1.17. The van der Waals surface area contributed by atoms with Crippen LogP contribution in [0.15, 0.2) is 46.9 Å². The summed E-state index contributed by atoms with van der Waals surface area (Å²) >= 11 is 3.21. The molecule has 1 aliphatic heterocycles. The molecule has 0 radical (unpaired) electrons. The van der Waals surface area contributed by atoms with Gasteiger partial charge in [0.25, 0.3) is 5.91 Å². The van der Waals surface area contributed by atoms with Crippen molar-refractivity contribution >= 4 is 33.5 Å². The van der Waals surface area contributed by atoms with Gasteiger partial charge in [0.2, 0.25) is 0 Å². The number of para-hydroxylation sites is 2. The number of rotatable bonds is 4. The van der Waals surface area contributed by atoms with Gasteiger partial charge in [-0.05, 0) is 24.3 Å². The largest absolute Gasteiger partial charge is 0.482 e. The Labute approximate surface area is 146 Å². The molecule has 0 aromatic heterocycles. The van der Waals surface area contributed by atoms with Crippen LogP contribution in [-0.2, 0) is 20.9 Å². The monoisotopic (exact) mass is 393 g/mol. The van der Waals surface area contributed by atoms with Crippen molar-refractivity contribution in [3.05, 3.63) is 58.3 Å². The minimum absolute atomic E-state index is 0.0140. The third kappa shape index (κ3) is 3.56. The SMILES string of the molecule is O=C(CN1C(=O)COc2ccccc21)OCc1ccc(F)cc1Br. The fraction of sp³-hybridized carbons (Fsp3) is 0.176. The van der Waals surface area contributed by atoms with Crippen LogP contribution in [0.4, 0.5) is 10.1 Å². The molecule has 124 valence electrons. The Morgan fingerprint density at radius 1 is 1.29 bits per heavy atom. The van der Waals surface area contributed by atoms with Crippen LogP contribution in [0, 0.1) is 5.82 Å². The Bertz CT molecular complexity index is 796. The number of hydrogen-bond donors (Lipinski definition) is 0. The fourth-order valence-electron chi connectivity index (χ4n) is 2.30. The molecule has 0 bridgehead atoms. The molecule has 1 aliphatic rings. The lowest BCUT2D eigenvalue weighted by Crippen LogP contribution is -2.42. The number of ether oxygens (including phenoxy) is 2. The highest BCUT2D eigenvalue weighted by Crippen LogP contribution is 2.31. The molecule has 0 saturated carbocycles. The maximum absolute atomic E-state index is 13.0. The average molecular weight is 394 g/mol.